The van der Waals surface area contributed by atoms with E-state index in [9.17, 15) is 18.0 Å². The van der Waals surface area contributed by atoms with Gasteiger partial charge in [0.1, 0.15) is 0 Å². The van der Waals surface area contributed by atoms with Crippen molar-refractivity contribution in [3.8, 4) is 11.1 Å². The molecule has 0 aromatic heterocycles. The van der Waals surface area contributed by atoms with Crippen LogP contribution in [0.4, 0.5) is 0 Å². The van der Waals surface area contributed by atoms with Gasteiger partial charge >= 0.3 is 0 Å². The first-order valence-corrected chi connectivity index (χ1v) is 12.0. The predicted octanol–water partition coefficient (Wildman–Crippen LogP) is 3.66. The highest BCUT2D eigenvalue weighted by atomic mass is 32.2. The van der Waals surface area contributed by atoms with Crippen molar-refractivity contribution in [1.29, 1.82) is 0 Å². The molecule has 0 radical (unpaired) electrons. The maximum atomic E-state index is 12.7. The Kier molecular flexibility index (Phi) is 5.95. The summed E-state index contributed by atoms with van der Waals surface area (Å²) >= 11 is 0. The number of amides is 1. The van der Waals surface area contributed by atoms with Crippen LogP contribution in [0.2, 0.25) is 0 Å². The van der Waals surface area contributed by atoms with Gasteiger partial charge in [-0.15, -0.1) is 0 Å². The Balaban J connectivity index is 1.40. The summed E-state index contributed by atoms with van der Waals surface area (Å²) in [5.41, 5.74) is 4.88. The Morgan fingerprint density at radius 2 is 1.47 bits per heavy atom. The molecule has 0 aliphatic heterocycles. The Bertz CT molecular complexity index is 1300. The van der Waals surface area contributed by atoms with Gasteiger partial charge in [0.2, 0.25) is 10.0 Å². The molecule has 0 bridgehead atoms. The Morgan fingerprint density at radius 1 is 0.844 bits per heavy atom. The fourth-order valence-corrected chi connectivity index (χ4v) is 5.26. The van der Waals surface area contributed by atoms with Crippen LogP contribution in [0.5, 0.6) is 0 Å². The van der Waals surface area contributed by atoms with E-state index in [-0.39, 0.29) is 23.5 Å². The molecule has 164 valence electrons. The molecule has 0 atom stereocenters. The minimum Gasteiger partial charge on any atom is -0.348 e. The Hall–Kier alpha value is -3.29. The smallest absolute Gasteiger partial charge is 0.251 e. The average molecular weight is 449 g/mol. The second-order valence-corrected chi connectivity index (χ2v) is 9.92. The van der Waals surface area contributed by atoms with Gasteiger partial charge in [0.05, 0.1) is 5.75 Å². The van der Waals surface area contributed by atoms with Crippen molar-refractivity contribution in [2.24, 2.45) is 0 Å². The minimum atomic E-state index is -3.39. The number of hydrogen-bond donors (Lipinski definition) is 2. The van der Waals surface area contributed by atoms with Crippen molar-refractivity contribution in [2.45, 2.75) is 32.2 Å². The van der Waals surface area contributed by atoms with Crippen LogP contribution >= 0.6 is 0 Å². The van der Waals surface area contributed by atoms with E-state index in [1.807, 2.05) is 24.3 Å². The lowest BCUT2D eigenvalue weighted by Gasteiger charge is -2.10. The number of carbonyl (C=O) groups is 2. The van der Waals surface area contributed by atoms with Crippen LogP contribution in [0.3, 0.4) is 0 Å². The van der Waals surface area contributed by atoms with Crippen molar-refractivity contribution in [1.82, 2.24) is 10.0 Å². The molecule has 7 heteroatoms. The van der Waals surface area contributed by atoms with Gasteiger partial charge in [0, 0.05) is 29.3 Å². The molecule has 3 aromatic carbocycles. The van der Waals surface area contributed by atoms with E-state index >= 15 is 0 Å². The standard InChI is InChI=1S/C25H24N2O4S/c1-16(2)27-32(30,31)15-18-9-7-17(8-10-18)14-26-25(29)19-11-12-21-20-5-3-4-6-22(20)24(28)23(21)13-19/h3-13,16,27H,14-15H2,1-2H3,(H,26,29). The SMILES string of the molecule is CC(C)NS(=O)(=O)Cc1ccc(CNC(=O)c2ccc3c(c2)C(=O)c2ccccc2-3)cc1. The van der Waals surface area contributed by atoms with Gasteiger partial charge in [-0.2, -0.15) is 0 Å². The van der Waals surface area contributed by atoms with E-state index in [1.165, 1.54) is 0 Å². The van der Waals surface area contributed by atoms with Crippen LogP contribution in [0.15, 0.2) is 66.7 Å². The van der Waals surface area contributed by atoms with Gasteiger partial charge in [0.15, 0.2) is 5.78 Å². The van der Waals surface area contributed by atoms with E-state index in [1.54, 1.807) is 56.3 Å². The fraction of sp³-hybridized carbons (Fsp3) is 0.200. The summed E-state index contributed by atoms with van der Waals surface area (Å²) in [6.07, 6.45) is 0. The first-order chi connectivity index (χ1) is 15.2. The monoisotopic (exact) mass is 448 g/mol. The third-order valence-electron chi connectivity index (χ3n) is 5.24. The third kappa shape index (κ3) is 4.64. The van der Waals surface area contributed by atoms with Crippen LogP contribution in [0, 0.1) is 0 Å². The number of rotatable bonds is 7. The summed E-state index contributed by atoms with van der Waals surface area (Å²) in [6, 6.07) is 19.5. The number of hydrogen-bond acceptors (Lipinski definition) is 4. The van der Waals surface area contributed by atoms with Gasteiger partial charge in [-0.3, -0.25) is 9.59 Å². The fourth-order valence-electron chi connectivity index (χ4n) is 3.83. The molecule has 0 spiro atoms. The molecule has 0 unspecified atom stereocenters. The lowest BCUT2D eigenvalue weighted by molar-refractivity contribution is 0.0951. The molecule has 6 nitrogen and oxygen atoms in total. The quantitative estimate of drug-likeness (QED) is 0.451. The lowest BCUT2D eigenvalue weighted by atomic mass is 10.0. The third-order valence-corrected chi connectivity index (χ3v) is 6.78. The molecule has 1 amide bonds. The molecule has 1 aliphatic rings. The molecule has 32 heavy (non-hydrogen) atoms. The van der Waals surface area contributed by atoms with E-state index < -0.39 is 10.0 Å². The zero-order chi connectivity index (χ0) is 22.9. The summed E-state index contributed by atoms with van der Waals surface area (Å²) < 4.78 is 26.7. The number of carbonyl (C=O) groups excluding carboxylic acids is 2. The molecular weight excluding hydrogens is 424 g/mol. The normalized spacial score (nSPS) is 12.5. The second kappa shape index (κ2) is 8.68. The number of fused-ring (bicyclic) bond motifs is 3. The van der Waals surface area contributed by atoms with Gasteiger partial charge in [-0.05, 0) is 48.2 Å². The number of nitrogens with one attached hydrogen (secondary N) is 2. The molecule has 0 heterocycles. The van der Waals surface area contributed by atoms with Crippen molar-refractivity contribution in [3.05, 3.63) is 94.5 Å². The first-order valence-electron chi connectivity index (χ1n) is 10.4. The lowest BCUT2D eigenvalue weighted by Crippen LogP contribution is -2.31. The zero-order valence-electron chi connectivity index (χ0n) is 17.9. The molecule has 0 saturated heterocycles. The predicted molar refractivity (Wildman–Crippen MR) is 124 cm³/mol. The minimum absolute atomic E-state index is 0.0669. The zero-order valence-corrected chi connectivity index (χ0v) is 18.7. The molecule has 1 aliphatic carbocycles. The van der Waals surface area contributed by atoms with Gasteiger partial charge < -0.3 is 5.32 Å². The maximum absolute atomic E-state index is 12.7. The molecule has 0 saturated carbocycles. The number of sulfonamides is 1. The highest BCUT2D eigenvalue weighted by molar-refractivity contribution is 7.88. The molecule has 2 N–H and O–H groups in total. The van der Waals surface area contributed by atoms with Crippen molar-refractivity contribution >= 4 is 21.7 Å². The van der Waals surface area contributed by atoms with E-state index in [0.717, 1.165) is 16.7 Å². The van der Waals surface area contributed by atoms with Crippen LogP contribution in [-0.2, 0) is 22.3 Å². The summed E-state index contributed by atoms with van der Waals surface area (Å²) in [5.74, 6) is -0.435. The second-order valence-electron chi connectivity index (χ2n) is 8.17. The van der Waals surface area contributed by atoms with Crippen LogP contribution in [0.1, 0.15) is 51.3 Å². The van der Waals surface area contributed by atoms with Crippen molar-refractivity contribution in [3.63, 3.8) is 0 Å². The van der Waals surface area contributed by atoms with E-state index in [0.29, 0.717) is 28.8 Å². The van der Waals surface area contributed by atoms with Crippen molar-refractivity contribution in [2.75, 3.05) is 0 Å². The van der Waals surface area contributed by atoms with Gasteiger partial charge in [-0.25, -0.2) is 13.1 Å². The largest absolute Gasteiger partial charge is 0.348 e. The van der Waals surface area contributed by atoms with E-state index in [2.05, 4.69) is 10.0 Å². The van der Waals surface area contributed by atoms with Gasteiger partial charge in [0.25, 0.3) is 5.91 Å². The molecule has 4 rings (SSSR count). The highest BCUT2D eigenvalue weighted by Gasteiger charge is 2.27. The Morgan fingerprint density at radius 3 is 2.16 bits per heavy atom. The summed E-state index contributed by atoms with van der Waals surface area (Å²) in [5, 5.41) is 2.86. The van der Waals surface area contributed by atoms with E-state index in [4.69, 9.17) is 0 Å². The first kappa shape index (κ1) is 21.9. The summed E-state index contributed by atoms with van der Waals surface area (Å²) in [4.78, 5) is 25.3. The maximum Gasteiger partial charge on any atom is 0.251 e. The average Bonchev–Trinajstić information content (AvgIpc) is 3.04. The Labute approximate surface area is 187 Å². The molecule has 0 fully saturated rings. The molecule has 3 aromatic rings. The summed E-state index contributed by atoms with van der Waals surface area (Å²) in [6.45, 7) is 3.85. The van der Waals surface area contributed by atoms with Crippen LogP contribution < -0.4 is 10.0 Å². The van der Waals surface area contributed by atoms with Gasteiger partial charge in [-0.1, -0.05) is 54.6 Å². The topological polar surface area (TPSA) is 92.3 Å². The molecular formula is C25H24N2O4S. The van der Waals surface area contributed by atoms with Crippen molar-refractivity contribution < 1.29 is 18.0 Å². The van der Waals surface area contributed by atoms with Crippen LogP contribution in [0.25, 0.3) is 11.1 Å². The summed E-state index contributed by atoms with van der Waals surface area (Å²) in [7, 11) is -3.39. The van der Waals surface area contributed by atoms with Crippen LogP contribution in [-0.4, -0.2) is 26.2 Å². The number of ketones is 1. The highest BCUT2D eigenvalue weighted by Crippen LogP contribution is 2.36. The number of benzene rings is 3.